The molecular formula is C15H25N3O3S. The Morgan fingerprint density at radius 3 is 2.59 bits per heavy atom. The van der Waals surface area contributed by atoms with Crippen molar-refractivity contribution in [2.24, 2.45) is 0 Å². The summed E-state index contributed by atoms with van der Waals surface area (Å²) >= 11 is 0. The smallest absolute Gasteiger partial charge is 0.317 e. The Morgan fingerprint density at radius 2 is 2.09 bits per heavy atom. The molecular weight excluding hydrogens is 302 g/mol. The van der Waals surface area contributed by atoms with Crippen molar-refractivity contribution in [1.29, 1.82) is 0 Å². The molecule has 0 unspecified atom stereocenters. The normalized spacial score (nSPS) is 12.7. The summed E-state index contributed by atoms with van der Waals surface area (Å²) in [5, 5.41) is 2.83. The van der Waals surface area contributed by atoms with E-state index in [-0.39, 0.29) is 17.8 Å². The van der Waals surface area contributed by atoms with Crippen LogP contribution in [-0.4, -0.2) is 55.5 Å². The number of urea groups is 1. The predicted molar refractivity (Wildman–Crippen MR) is 87.6 cm³/mol. The van der Waals surface area contributed by atoms with E-state index in [1.165, 1.54) is 11.2 Å². The van der Waals surface area contributed by atoms with E-state index in [9.17, 15) is 13.2 Å². The molecule has 1 rings (SSSR count). The first-order valence-corrected chi connectivity index (χ1v) is 9.42. The summed E-state index contributed by atoms with van der Waals surface area (Å²) in [5.74, 6) is -0.0316. The number of hydrogen-bond donors (Lipinski definition) is 1. The van der Waals surface area contributed by atoms with Gasteiger partial charge in [-0.3, -0.25) is 4.98 Å². The van der Waals surface area contributed by atoms with Crippen LogP contribution in [-0.2, 0) is 16.3 Å². The quantitative estimate of drug-likeness (QED) is 0.821. The van der Waals surface area contributed by atoms with Crippen LogP contribution in [0.4, 0.5) is 4.79 Å². The molecule has 0 aliphatic heterocycles. The first kappa shape index (κ1) is 18.4. The van der Waals surface area contributed by atoms with Crippen molar-refractivity contribution >= 4 is 15.9 Å². The van der Waals surface area contributed by atoms with Gasteiger partial charge in [0.05, 0.1) is 5.75 Å². The second-order valence-corrected chi connectivity index (χ2v) is 7.70. The molecule has 0 saturated carbocycles. The zero-order valence-corrected chi connectivity index (χ0v) is 14.5. The van der Waals surface area contributed by atoms with Gasteiger partial charge in [0.25, 0.3) is 0 Å². The number of nitrogens with one attached hydrogen (secondary N) is 1. The third-order valence-corrected chi connectivity index (χ3v) is 4.43. The molecule has 0 aromatic carbocycles. The molecule has 1 N–H and O–H groups in total. The Balaban J connectivity index is 2.49. The highest BCUT2D eigenvalue weighted by atomic mass is 32.2. The lowest BCUT2D eigenvalue weighted by molar-refractivity contribution is 0.187. The minimum absolute atomic E-state index is 0.0316. The highest BCUT2D eigenvalue weighted by molar-refractivity contribution is 7.90. The number of aromatic nitrogens is 1. The SMILES string of the molecule is CCN(C(=O)NCCc1ccc(C)nc1)[C@H](C)CS(C)(=O)=O. The van der Waals surface area contributed by atoms with Gasteiger partial charge in [0.1, 0.15) is 9.84 Å². The molecule has 0 spiro atoms. The topological polar surface area (TPSA) is 79.4 Å². The Morgan fingerprint density at radius 1 is 1.41 bits per heavy atom. The molecule has 6 nitrogen and oxygen atoms in total. The summed E-state index contributed by atoms with van der Waals surface area (Å²) in [6.07, 6.45) is 3.67. The fourth-order valence-electron chi connectivity index (χ4n) is 2.25. The number of carbonyl (C=O) groups excluding carboxylic acids is 1. The maximum Gasteiger partial charge on any atom is 0.317 e. The third-order valence-electron chi connectivity index (χ3n) is 3.34. The molecule has 2 amide bonds. The molecule has 0 fully saturated rings. The second kappa shape index (κ2) is 8.12. The molecule has 0 radical (unpaired) electrons. The first-order chi connectivity index (χ1) is 10.2. The van der Waals surface area contributed by atoms with Crippen LogP contribution in [0.2, 0.25) is 0 Å². The Labute approximate surface area is 132 Å². The van der Waals surface area contributed by atoms with Crippen LogP contribution in [0.3, 0.4) is 0 Å². The second-order valence-electron chi connectivity index (χ2n) is 5.52. The van der Waals surface area contributed by atoms with Crippen molar-refractivity contribution in [3.05, 3.63) is 29.6 Å². The molecule has 0 aliphatic rings. The van der Waals surface area contributed by atoms with Crippen LogP contribution >= 0.6 is 0 Å². The van der Waals surface area contributed by atoms with Gasteiger partial charge >= 0.3 is 6.03 Å². The number of rotatable bonds is 7. The van der Waals surface area contributed by atoms with Crippen LogP contribution in [0.25, 0.3) is 0 Å². The van der Waals surface area contributed by atoms with Gasteiger partial charge in [-0.2, -0.15) is 0 Å². The Hall–Kier alpha value is -1.63. The van der Waals surface area contributed by atoms with E-state index in [1.807, 2.05) is 26.0 Å². The van der Waals surface area contributed by atoms with E-state index in [2.05, 4.69) is 10.3 Å². The monoisotopic (exact) mass is 327 g/mol. The van der Waals surface area contributed by atoms with Crippen LogP contribution in [0.1, 0.15) is 25.1 Å². The highest BCUT2D eigenvalue weighted by Crippen LogP contribution is 2.04. The van der Waals surface area contributed by atoms with E-state index in [0.29, 0.717) is 19.5 Å². The number of carbonyl (C=O) groups is 1. The summed E-state index contributed by atoms with van der Waals surface area (Å²) in [5.41, 5.74) is 2.01. The molecule has 1 heterocycles. The van der Waals surface area contributed by atoms with Crippen molar-refractivity contribution in [3.63, 3.8) is 0 Å². The van der Waals surface area contributed by atoms with Gasteiger partial charge in [0.2, 0.25) is 0 Å². The molecule has 1 atom stereocenters. The summed E-state index contributed by atoms with van der Waals surface area (Å²) in [6.45, 7) is 6.46. The van der Waals surface area contributed by atoms with Crippen LogP contribution in [0.5, 0.6) is 0 Å². The van der Waals surface area contributed by atoms with Crippen molar-refractivity contribution in [2.75, 3.05) is 25.1 Å². The highest BCUT2D eigenvalue weighted by Gasteiger charge is 2.21. The van der Waals surface area contributed by atoms with Crippen molar-refractivity contribution in [2.45, 2.75) is 33.2 Å². The van der Waals surface area contributed by atoms with Crippen LogP contribution in [0.15, 0.2) is 18.3 Å². The van der Waals surface area contributed by atoms with E-state index in [1.54, 1.807) is 13.1 Å². The van der Waals surface area contributed by atoms with Crippen molar-refractivity contribution in [3.8, 4) is 0 Å². The molecule has 124 valence electrons. The van der Waals surface area contributed by atoms with Crippen molar-refractivity contribution < 1.29 is 13.2 Å². The van der Waals surface area contributed by atoms with E-state index < -0.39 is 9.84 Å². The maximum absolute atomic E-state index is 12.2. The number of sulfone groups is 1. The van der Waals surface area contributed by atoms with Gasteiger partial charge in [-0.1, -0.05) is 6.07 Å². The summed E-state index contributed by atoms with van der Waals surface area (Å²) in [7, 11) is -3.11. The number of amides is 2. The average Bonchev–Trinajstić information content (AvgIpc) is 2.39. The lowest BCUT2D eigenvalue weighted by Gasteiger charge is -2.27. The fourth-order valence-corrected chi connectivity index (χ4v) is 3.30. The minimum atomic E-state index is -3.11. The largest absolute Gasteiger partial charge is 0.338 e. The average molecular weight is 327 g/mol. The first-order valence-electron chi connectivity index (χ1n) is 7.36. The number of pyridine rings is 1. The van der Waals surface area contributed by atoms with Gasteiger partial charge in [-0.25, -0.2) is 13.2 Å². The maximum atomic E-state index is 12.2. The lowest BCUT2D eigenvalue weighted by atomic mass is 10.2. The van der Waals surface area contributed by atoms with Crippen LogP contribution < -0.4 is 5.32 Å². The Kier molecular flexibility index (Phi) is 6.80. The van der Waals surface area contributed by atoms with E-state index in [4.69, 9.17) is 0 Å². The lowest BCUT2D eigenvalue weighted by Crippen LogP contribution is -2.47. The number of nitrogens with zero attached hydrogens (tertiary/aromatic N) is 2. The molecule has 22 heavy (non-hydrogen) atoms. The van der Waals surface area contributed by atoms with Gasteiger partial charge in [0.15, 0.2) is 0 Å². The number of aryl methyl sites for hydroxylation is 1. The van der Waals surface area contributed by atoms with Gasteiger partial charge in [-0.15, -0.1) is 0 Å². The van der Waals surface area contributed by atoms with E-state index in [0.717, 1.165) is 11.3 Å². The van der Waals surface area contributed by atoms with Crippen LogP contribution in [0, 0.1) is 6.92 Å². The summed E-state index contributed by atoms with van der Waals surface area (Å²) < 4.78 is 22.7. The molecule has 0 bridgehead atoms. The molecule has 7 heteroatoms. The summed E-state index contributed by atoms with van der Waals surface area (Å²) in [6, 6.07) is 3.34. The minimum Gasteiger partial charge on any atom is -0.338 e. The third kappa shape index (κ3) is 6.43. The fraction of sp³-hybridized carbons (Fsp3) is 0.600. The molecule has 0 aliphatic carbocycles. The zero-order chi connectivity index (χ0) is 16.8. The molecule has 1 aromatic heterocycles. The predicted octanol–water partition coefficient (Wildman–Crippen LogP) is 1.40. The molecule has 0 saturated heterocycles. The van der Waals surface area contributed by atoms with E-state index >= 15 is 0 Å². The standard InChI is InChI=1S/C15H25N3O3S/c1-5-18(13(3)11-22(4,20)21)15(19)16-9-8-14-7-6-12(2)17-10-14/h6-7,10,13H,5,8-9,11H2,1-4H3,(H,16,19)/t13-/m1/s1. The zero-order valence-electron chi connectivity index (χ0n) is 13.7. The van der Waals surface area contributed by atoms with Gasteiger partial charge in [0, 0.05) is 37.3 Å². The number of hydrogen-bond acceptors (Lipinski definition) is 4. The summed E-state index contributed by atoms with van der Waals surface area (Å²) in [4.78, 5) is 17.9. The molecule has 1 aromatic rings. The van der Waals surface area contributed by atoms with Crippen molar-refractivity contribution in [1.82, 2.24) is 15.2 Å². The van der Waals surface area contributed by atoms with Gasteiger partial charge in [-0.05, 0) is 38.8 Å². The van der Waals surface area contributed by atoms with Gasteiger partial charge < -0.3 is 10.2 Å². The Bertz CT molecular complexity index is 585.